The van der Waals surface area contributed by atoms with Gasteiger partial charge in [-0.15, -0.1) is 0 Å². The topological polar surface area (TPSA) is 116 Å². The van der Waals surface area contributed by atoms with E-state index in [1.165, 1.54) is 0 Å². The fourth-order valence-electron chi connectivity index (χ4n) is 3.45. The summed E-state index contributed by atoms with van der Waals surface area (Å²) in [6.45, 7) is 3.98. The molecule has 8 heteroatoms. The van der Waals surface area contributed by atoms with Crippen LogP contribution in [0.1, 0.15) is 57.9 Å². The van der Waals surface area contributed by atoms with Crippen LogP contribution in [0.4, 0.5) is 0 Å². The Hall–Kier alpha value is -3.00. The van der Waals surface area contributed by atoms with Crippen molar-refractivity contribution in [3.8, 4) is 0 Å². The molecule has 1 fully saturated rings. The van der Waals surface area contributed by atoms with Crippen LogP contribution < -0.4 is 10.9 Å². The lowest BCUT2D eigenvalue weighted by Crippen LogP contribution is -2.53. The number of nitrogens with zero attached hydrogens (tertiary/aromatic N) is 1. The highest BCUT2D eigenvalue weighted by Crippen LogP contribution is 2.22. The first-order valence-corrected chi connectivity index (χ1v) is 10.2. The van der Waals surface area contributed by atoms with Gasteiger partial charge in [0, 0.05) is 24.3 Å². The van der Waals surface area contributed by atoms with Crippen molar-refractivity contribution in [1.82, 2.24) is 15.9 Å². The molecule has 1 atom stereocenters. The number of carbonyl (C=O) groups is 4. The average Bonchev–Trinajstić information content (AvgIpc) is 2.72. The van der Waals surface area contributed by atoms with Gasteiger partial charge in [-0.05, 0) is 37.2 Å². The van der Waals surface area contributed by atoms with Crippen molar-refractivity contribution in [1.29, 1.82) is 0 Å². The summed E-state index contributed by atoms with van der Waals surface area (Å²) in [7, 11) is 0. The van der Waals surface area contributed by atoms with Crippen molar-refractivity contribution >= 4 is 29.2 Å². The molecule has 2 rings (SSSR count). The number of hydrazine groups is 1. The Labute approximate surface area is 176 Å². The van der Waals surface area contributed by atoms with Gasteiger partial charge in [0.15, 0.2) is 0 Å². The molecule has 0 spiro atoms. The molecule has 0 saturated carbocycles. The van der Waals surface area contributed by atoms with E-state index in [9.17, 15) is 19.2 Å². The van der Waals surface area contributed by atoms with Gasteiger partial charge >= 0.3 is 0 Å². The Morgan fingerprint density at radius 3 is 2.33 bits per heavy atom. The molecule has 1 aromatic rings. The lowest BCUT2D eigenvalue weighted by atomic mass is 9.91. The Balaban J connectivity index is 2.10. The number of benzene rings is 1. The second kappa shape index (κ2) is 11.3. The Bertz CT molecular complexity index is 788. The van der Waals surface area contributed by atoms with Crippen LogP contribution in [-0.2, 0) is 19.2 Å². The summed E-state index contributed by atoms with van der Waals surface area (Å²) < 4.78 is 0. The van der Waals surface area contributed by atoms with Crippen LogP contribution in [0.2, 0.25) is 0 Å². The van der Waals surface area contributed by atoms with Gasteiger partial charge in [0.05, 0.1) is 0 Å². The van der Waals surface area contributed by atoms with Crippen LogP contribution in [0, 0.1) is 11.8 Å². The molecule has 3 N–H and O–H groups in total. The molecule has 1 aliphatic heterocycles. The summed E-state index contributed by atoms with van der Waals surface area (Å²) in [6.07, 6.45) is 4.06. The monoisotopic (exact) mass is 415 g/mol. The molecular weight excluding hydrogens is 386 g/mol. The van der Waals surface area contributed by atoms with Gasteiger partial charge in [0.1, 0.15) is 0 Å². The predicted molar refractivity (Wildman–Crippen MR) is 110 cm³/mol. The fraction of sp³-hybridized carbons (Fsp3) is 0.455. The molecule has 162 valence electrons. The summed E-state index contributed by atoms with van der Waals surface area (Å²) in [5.74, 6) is -2.00. The number of amides is 4. The smallest absolute Gasteiger partial charge is 0.274 e. The van der Waals surface area contributed by atoms with Crippen LogP contribution in [0.5, 0.6) is 0 Å². The zero-order valence-corrected chi connectivity index (χ0v) is 17.4. The van der Waals surface area contributed by atoms with E-state index in [1.807, 2.05) is 19.9 Å². The molecule has 0 bridgehead atoms. The Morgan fingerprint density at radius 1 is 1.13 bits per heavy atom. The van der Waals surface area contributed by atoms with Gasteiger partial charge in [-0.3, -0.25) is 29.8 Å². The lowest BCUT2D eigenvalue weighted by molar-refractivity contribution is -0.157. The lowest BCUT2D eigenvalue weighted by Gasteiger charge is -2.27. The van der Waals surface area contributed by atoms with Crippen LogP contribution in [0.3, 0.4) is 0 Å². The highest BCUT2D eigenvalue weighted by atomic mass is 16.5. The van der Waals surface area contributed by atoms with E-state index >= 15 is 0 Å². The number of hydrogen-bond donors (Lipinski definition) is 3. The number of imide groups is 1. The minimum atomic E-state index is -0.629. The molecule has 4 amide bonds. The molecule has 1 aliphatic rings. The van der Waals surface area contributed by atoms with Gasteiger partial charge in [-0.2, -0.15) is 5.01 Å². The molecule has 1 heterocycles. The van der Waals surface area contributed by atoms with E-state index in [1.54, 1.807) is 35.8 Å². The van der Waals surface area contributed by atoms with E-state index < -0.39 is 23.6 Å². The number of carbonyl (C=O) groups excluding carboxylic acids is 4. The van der Waals surface area contributed by atoms with Crippen LogP contribution in [0.15, 0.2) is 36.4 Å². The second-order valence-electron chi connectivity index (χ2n) is 7.78. The highest BCUT2D eigenvalue weighted by molar-refractivity contribution is 6.19. The predicted octanol–water partition coefficient (Wildman–Crippen LogP) is 2.59. The number of rotatable bonds is 9. The van der Waals surface area contributed by atoms with Crippen molar-refractivity contribution in [3.63, 3.8) is 0 Å². The number of piperidine rings is 1. The van der Waals surface area contributed by atoms with Crippen LogP contribution >= 0.6 is 0 Å². The van der Waals surface area contributed by atoms with Crippen LogP contribution in [0.25, 0.3) is 5.57 Å². The molecule has 0 unspecified atom stereocenters. The van der Waals surface area contributed by atoms with Crippen molar-refractivity contribution < 1.29 is 24.4 Å². The van der Waals surface area contributed by atoms with Gasteiger partial charge in [-0.1, -0.05) is 50.3 Å². The maximum atomic E-state index is 12.8. The summed E-state index contributed by atoms with van der Waals surface area (Å²) >= 11 is 0. The highest BCUT2D eigenvalue weighted by Gasteiger charge is 2.30. The molecule has 0 aromatic heterocycles. The van der Waals surface area contributed by atoms with Crippen molar-refractivity contribution in [2.75, 3.05) is 0 Å². The molecule has 0 radical (unpaired) electrons. The third-order valence-electron chi connectivity index (χ3n) is 4.92. The van der Waals surface area contributed by atoms with E-state index in [4.69, 9.17) is 5.21 Å². The standard InChI is InChI=1S/C22H29N3O5/c1-15(2)14-17(21(28)23-25-19(26)12-7-13-20(25)27)10-6-11-18(22(29)24-30)16-8-4-3-5-9-16/h3-5,8-9,11,15,17,30H,6-7,10,12-14H2,1-2H3,(H,23,28)(H,24,29)/b18-11-/t17-/m1/s1. The van der Waals surface area contributed by atoms with Gasteiger partial charge in [0.25, 0.3) is 5.91 Å². The Morgan fingerprint density at radius 2 is 1.77 bits per heavy atom. The number of hydroxylamine groups is 1. The minimum Gasteiger partial charge on any atom is -0.288 e. The average molecular weight is 415 g/mol. The zero-order valence-electron chi connectivity index (χ0n) is 17.4. The van der Waals surface area contributed by atoms with Crippen molar-refractivity contribution in [2.45, 2.75) is 52.4 Å². The maximum absolute atomic E-state index is 12.8. The first-order valence-electron chi connectivity index (χ1n) is 10.2. The summed E-state index contributed by atoms with van der Waals surface area (Å²) in [5, 5.41) is 9.88. The normalized spacial score (nSPS) is 15.9. The quantitative estimate of drug-likeness (QED) is 0.248. The number of allylic oxidation sites excluding steroid dienone is 1. The summed E-state index contributed by atoms with van der Waals surface area (Å²) in [4.78, 5) is 48.8. The number of hydrogen-bond acceptors (Lipinski definition) is 5. The third-order valence-corrected chi connectivity index (χ3v) is 4.92. The first-order chi connectivity index (χ1) is 14.3. The third kappa shape index (κ3) is 6.52. The fourth-order valence-corrected chi connectivity index (χ4v) is 3.45. The molecular formula is C22H29N3O5. The molecule has 1 saturated heterocycles. The van der Waals surface area contributed by atoms with E-state index in [-0.39, 0.29) is 24.7 Å². The Kier molecular flexibility index (Phi) is 8.73. The first kappa shape index (κ1) is 23.3. The van der Waals surface area contributed by atoms with Crippen molar-refractivity contribution in [3.05, 3.63) is 42.0 Å². The SMILES string of the molecule is CC(C)C[C@@H](CC/C=C(\C(=O)NO)c1ccccc1)C(=O)NN1C(=O)CCCC1=O. The van der Waals surface area contributed by atoms with Crippen LogP contribution in [-0.4, -0.2) is 33.8 Å². The molecule has 0 aliphatic carbocycles. The molecule has 1 aromatic carbocycles. The molecule has 8 nitrogen and oxygen atoms in total. The second-order valence-corrected chi connectivity index (χ2v) is 7.78. The number of nitrogens with one attached hydrogen (secondary N) is 2. The van der Waals surface area contributed by atoms with E-state index in [0.29, 0.717) is 36.8 Å². The molecule has 30 heavy (non-hydrogen) atoms. The van der Waals surface area contributed by atoms with E-state index in [0.717, 1.165) is 5.01 Å². The van der Waals surface area contributed by atoms with Crippen molar-refractivity contribution in [2.24, 2.45) is 11.8 Å². The summed E-state index contributed by atoms with van der Waals surface area (Å²) in [5.41, 5.74) is 5.10. The zero-order chi connectivity index (χ0) is 22.1. The summed E-state index contributed by atoms with van der Waals surface area (Å²) in [6, 6.07) is 8.91. The minimum absolute atomic E-state index is 0.229. The van der Waals surface area contributed by atoms with Gasteiger partial charge < -0.3 is 0 Å². The van der Waals surface area contributed by atoms with Gasteiger partial charge in [0.2, 0.25) is 17.7 Å². The van der Waals surface area contributed by atoms with Gasteiger partial charge in [-0.25, -0.2) is 5.48 Å². The maximum Gasteiger partial charge on any atom is 0.274 e. The van der Waals surface area contributed by atoms with E-state index in [2.05, 4.69) is 5.43 Å². The largest absolute Gasteiger partial charge is 0.288 e.